The first-order valence-electron chi connectivity index (χ1n) is 20.4. The number of carbonyl (C=O) groups is 4. The van der Waals surface area contributed by atoms with Crippen LogP contribution in [0.5, 0.6) is 0 Å². The zero-order chi connectivity index (χ0) is 42.1. The lowest BCUT2D eigenvalue weighted by atomic mass is 10.0. The van der Waals surface area contributed by atoms with Gasteiger partial charge in [0.15, 0.2) is 0 Å². The number of aromatic nitrogens is 5. The van der Waals surface area contributed by atoms with Gasteiger partial charge in [0.05, 0.1) is 49.6 Å². The van der Waals surface area contributed by atoms with Crippen molar-refractivity contribution in [3.8, 4) is 22.5 Å². The lowest BCUT2D eigenvalue weighted by molar-refractivity contribution is -0.138. The molecule has 3 aromatic heterocycles. The van der Waals surface area contributed by atoms with E-state index in [0.717, 1.165) is 74.9 Å². The molecule has 0 saturated carbocycles. The first-order chi connectivity index (χ1) is 28.3. The molecule has 2 saturated heterocycles. The number of hydrogen-bond donors (Lipinski definition) is 4. The van der Waals surface area contributed by atoms with Gasteiger partial charge in [0.1, 0.15) is 23.7 Å². The number of likely N-dealkylation sites (N-methyl/N-ethyl adjacent to an activating group) is 1. The fraction of sp³-hybridized carbons (Fsp3) is 0.488. The topological polar surface area (TPSA) is 191 Å². The van der Waals surface area contributed by atoms with Crippen LogP contribution in [0.3, 0.4) is 0 Å². The van der Waals surface area contributed by atoms with E-state index in [0.29, 0.717) is 37.9 Å². The zero-order valence-corrected chi connectivity index (χ0v) is 34.8. The molecule has 2 aromatic carbocycles. The Labute approximate surface area is 343 Å². The maximum Gasteiger partial charge on any atom is 0.407 e. The third kappa shape index (κ3) is 7.97. The Morgan fingerprint density at radius 2 is 1.36 bits per heavy atom. The van der Waals surface area contributed by atoms with Gasteiger partial charge in [-0.1, -0.05) is 52.0 Å². The molecule has 16 nitrogen and oxygen atoms in total. The second-order valence-corrected chi connectivity index (χ2v) is 16.3. The lowest BCUT2D eigenvalue weighted by Crippen LogP contribution is -2.51. The first kappa shape index (κ1) is 41.3. The molecule has 16 heteroatoms. The quantitative estimate of drug-likeness (QED) is 0.102. The third-order valence-corrected chi connectivity index (χ3v) is 11.9. The molecule has 314 valence electrons. The number of alkyl carbamates (subject to hydrolysis) is 1. The van der Waals surface area contributed by atoms with Gasteiger partial charge < -0.3 is 44.2 Å². The van der Waals surface area contributed by atoms with Crippen molar-refractivity contribution in [1.29, 1.82) is 0 Å². The van der Waals surface area contributed by atoms with Gasteiger partial charge >= 0.3 is 12.2 Å². The Bertz CT molecular complexity index is 2350. The standard InChI is InChI=1S/C43H55N9O7/c1-24(2)36(48-42(55)59-7)40(53)51-16-8-10-32(51)38-44-22-30(46-38)26-12-14-28-29-15-13-27(21-35(29)50(18-19-58-6)34(28)20-26)31-23-45-39(47-31)33-11-9-17-52(33)41(54)37(25(3)4)49(5)43(56)57/h12-15,20-25,32-33,36-37H,8-11,16-19H2,1-7H3,(H,44,46)(H,45,47)(H,48,55)(H,56,57)/t32-,33-,36-,37-/m0/s1. The number of H-pyrrole nitrogens is 2. The number of methoxy groups -OCH3 is 2. The van der Waals surface area contributed by atoms with E-state index in [9.17, 15) is 24.3 Å². The van der Waals surface area contributed by atoms with Crippen molar-refractivity contribution in [2.75, 3.05) is 41.0 Å². The fourth-order valence-electron chi connectivity index (χ4n) is 8.85. The van der Waals surface area contributed by atoms with Crippen molar-refractivity contribution in [2.45, 2.75) is 84.1 Å². The monoisotopic (exact) mass is 809 g/mol. The molecule has 2 aliphatic heterocycles. The number of ether oxygens (including phenoxy) is 2. The third-order valence-electron chi connectivity index (χ3n) is 11.9. The highest BCUT2D eigenvalue weighted by molar-refractivity contribution is 6.10. The number of fused-ring (bicyclic) bond motifs is 3. The summed E-state index contributed by atoms with van der Waals surface area (Å²) in [5, 5.41) is 14.6. The number of nitrogens with one attached hydrogen (secondary N) is 3. The van der Waals surface area contributed by atoms with Crippen LogP contribution in [0.25, 0.3) is 44.3 Å². The van der Waals surface area contributed by atoms with Gasteiger partial charge in [0.25, 0.3) is 0 Å². The normalized spacial score (nSPS) is 18.0. The molecule has 0 unspecified atom stereocenters. The number of aromatic amines is 2. The zero-order valence-electron chi connectivity index (χ0n) is 34.8. The molecule has 0 spiro atoms. The number of benzene rings is 2. The van der Waals surface area contributed by atoms with E-state index in [1.807, 2.05) is 38.8 Å². The number of carbonyl (C=O) groups excluding carboxylic acids is 3. The highest BCUT2D eigenvalue weighted by Gasteiger charge is 2.40. The Hall–Kier alpha value is -5.90. The van der Waals surface area contributed by atoms with E-state index in [1.54, 1.807) is 18.2 Å². The van der Waals surface area contributed by atoms with E-state index >= 15 is 0 Å². The molecule has 2 aliphatic rings. The van der Waals surface area contributed by atoms with Gasteiger partial charge in [-0.3, -0.25) is 14.5 Å². The summed E-state index contributed by atoms with van der Waals surface area (Å²) in [7, 11) is 4.43. The Kier molecular flexibility index (Phi) is 12.0. The molecule has 0 aliphatic carbocycles. The molecule has 0 radical (unpaired) electrons. The van der Waals surface area contributed by atoms with E-state index in [-0.39, 0.29) is 35.7 Å². The first-order valence-corrected chi connectivity index (χ1v) is 20.4. The molecule has 0 bridgehead atoms. The molecule has 7 rings (SSSR count). The SMILES string of the molecule is COCCn1c2cc(-c3cnc([C@@H]4CCCN4C(=O)[C@@H](NC(=O)OC)C(C)C)[nH]3)ccc2c2ccc(-c3cnc([C@@H]4CCCN4C(=O)[C@H](C(C)C)N(C)C(=O)O)[nH]3)cc21. The summed E-state index contributed by atoms with van der Waals surface area (Å²) >= 11 is 0. The van der Waals surface area contributed by atoms with Crippen LogP contribution in [0.1, 0.15) is 77.1 Å². The number of hydrogen-bond acceptors (Lipinski definition) is 8. The summed E-state index contributed by atoms with van der Waals surface area (Å²) in [5.41, 5.74) is 5.60. The molecule has 2 fully saturated rings. The molecule has 5 aromatic rings. The van der Waals surface area contributed by atoms with Crippen molar-refractivity contribution in [2.24, 2.45) is 11.8 Å². The summed E-state index contributed by atoms with van der Waals surface area (Å²) in [6.07, 6.45) is 4.96. The second-order valence-electron chi connectivity index (χ2n) is 16.3. The van der Waals surface area contributed by atoms with Crippen LogP contribution < -0.4 is 5.32 Å². The molecule has 59 heavy (non-hydrogen) atoms. The van der Waals surface area contributed by atoms with E-state index in [1.165, 1.54) is 14.2 Å². The largest absolute Gasteiger partial charge is 0.465 e. The van der Waals surface area contributed by atoms with Crippen LogP contribution in [-0.4, -0.2) is 121 Å². The van der Waals surface area contributed by atoms with Gasteiger partial charge in [-0.15, -0.1) is 0 Å². The molecule has 5 heterocycles. The molecular formula is C43H55N9O7. The minimum atomic E-state index is -1.13. The number of rotatable bonds is 13. The number of likely N-dealkylation sites (tertiary alicyclic amines) is 2. The van der Waals surface area contributed by atoms with E-state index < -0.39 is 24.3 Å². The summed E-state index contributed by atoms with van der Waals surface area (Å²) in [6, 6.07) is 10.7. The lowest BCUT2D eigenvalue weighted by Gasteiger charge is -2.33. The average Bonchev–Trinajstić information content (AvgIpc) is 4.07. The predicted molar refractivity (Wildman–Crippen MR) is 222 cm³/mol. The Morgan fingerprint density at radius 3 is 1.81 bits per heavy atom. The Morgan fingerprint density at radius 1 is 0.831 bits per heavy atom. The summed E-state index contributed by atoms with van der Waals surface area (Å²) in [6.45, 7) is 9.75. The number of imidazole rings is 2. The van der Waals surface area contributed by atoms with Gasteiger partial charge in [-0.05, 0) is 49.7 Å². The summed E-state index contributed by atoms with van der Waals surface area (Å²) in [4.78, 5) is 72.6. The van der Waals surface area contributed by atoms with Crippen LogP contribution in [0.2, 0.25) is 0 Å². The van der Waals surface area contributed by atoms with Crippen molar-refractivity contribution >= 4 is 45.8 Å². The van der Waals surface area contributed by atoms with Crippen molar-refractivity contribution in [3.63, 3.8) is 0 Å². The summed E-state index contributed by atoms with van der Waals surface area (Å²) in [5.74, 6) is 0.699. The van der Waals surface area contributed by atoms with Crippen LogP contribution >= 0.6 is 0 Å². The van der Waals surface area contributed by atoms with Crippen LogP contribution in [0.4, 0.5) is 9.59 Å². The highest BCUT2D eigenvalue weighted by Crippen LogP contribution is 2.38. The number of carboxylic acid groups (broad SMARTS) is 1. The second kappa shape index (κ2) is 17.1. The molecule has 4 amide bonds. The predicted octanol–water partition coefficient (Wildman–Crippen LogP) is 6.56. The minimum absolute atomic E-state index is 0.127. The van der Waals surface area contributed by atoms with Crippen LogP contribution in [-0.2, 0) is 25.6 Å². The number of nitrogens with zero attached hydrogens (tertiary/aromatic N) is 6. The van der Waals surface area contributed by atoms with Gasteiger partial charge in [0, 0.05) is 66.7 Å². The molecule has 4 atom stereocenters. The van der Waals surface area contributed by atoms with Crippen LogP contribution in [0.15, 0.2) is 48.8 Å². The average molecular weight is 810 g/mol. The maximum absolute atomic E-state index is 13.8. The van der Waals surface area contributed by atoms with Crippen molar-refractivity contribution < 1.29 is 33.8 Å². The highest BCUT2D eigenvalue weighted by atomic mass is 16.5. The van der Waals surface area contributed by atoms with Crippen molar-refractivity contribution in [1.82, 2.24) is 44.5 Å². The molecule has 4 N–H and O–H groups in total. The van der Waals surface area contributed by atoms with Crippen molar-refractivity contribution in [3.05, 3.63) is 60.4 Å². The minimum Gasteiger partial charge on any atom is -0.465 e. The van der Waals surface area contributed by atoms with E-state index in [2.05, 4.69) is 56.3 Å². The van der Waals surface area contributed by atoms with Gasteiger partial charge in [0.2, 0.25) is 11.8 Å². The Balaban J connectivity index is 1.17. The maximum atomic E-state index is 13.8. The summed E-state index contributed by atoms with van der Waals surface area (Å²) < 4.78 is 12.6. The smallest absolute Gasteiger partial charge is 0.407 e. The molecular weight excluding hydrogens is 755 g/mol. The van der Waals surface area contributed by atoms with Crippen LogP contribution in [0, 0.1) is 11.8 Å². The fourth-order valence-corrected chi connectivity index (χ4v) is 8.85. The van der Waals surface area contributed by atoms with Gasteiger partial charge in [-0.2, -0.15) is 0 Å². The van der Waals surface area contributed by atoms with E-state index in [4.69, 9.17) is 19.4 Å². The van der Waals surface area contributed by atoms with Gasteiger partial charge in [-0.25, -0.2) is 19.6 Å². The number of amides is 4.